The number of aliphatic hydroxyl groups is 1. The Hall–Kier alpha value is -2.93. The number of tetrazole rings is 1. The van der Waals surface area contributed by atoms with E-state index >= 15 is 0 Å². The molecule has 0 unspecified atom stereocenters. The Morgan fingerprint density at radius 1 is 0.964 bits per heavy atom. The highest BCUT2D eigenvalue weighted by molar-refractivity contribution is 5.40. The van der Waals surface area contributed by atoms with Gasteiger partial charge in [-0.05, 0) is 54.0 Å². The number of piperidine rings is 1. The number of hydrogen-bond donors (Lipinski definition) is 1. The van der Waals surface area contributed by atoms with E-state index < -0.39 is 0 Å². The number of ether oxygens (including phenoxy) is 1. The first-order valence-electron chi connectivity index (χ1n) is 9.67. The first-order valence-corrected chi connectivity index (χ1v) is 9.67. The molecular formula is C21H25N5O2. The van der Waals surface area contributed by atoms with Crippen LogP contribution in [0.4, 0.5) is 5.95 Å². The summed E-state index contributed by atoms with van der Waals surface area (Å²) >= 11 is 0. The molecule has 1 aromatic heterocycles. The maximum Gasteiger partial charge on any atom is 0.250 e. The average Bonchev–Trinajstić information content (AvgIpc) is 3.25. The van der Waals surface area contributed by atoms with Gasteiger partial charge in [0.25, 0.3) is 0 Å². The number of para-hydroxylation sites is 2. The Morgan fingerprint density at radius 3 is 2.32 bits per heavy atom. The normalized spacial score (nSPS) is 16.1. The maximum absolute atomic E-state index is 10.1. The van der Waals surface area contributed by atoms with Crippen LogP contribution in [0.2, 0.25) is 0 Å². The van der Waals surface area contributed by atoms with Gasteiger partial charge in [0.15, 0.2) is 0 Å². The fourth-order valence-corrected chi connectivity index (χ4v) is 3.69. The molecule has 1 N–H and O–H groups in total. The van der Waals surface area contributed by atoms with E-state index in [9.17, 15) is 5.11 Å². The van der Waals surface area contributed by atoms with Crippen molar-refractivity contribution in [3.8, 4) is 11.4 Å². The van der Waals surface area contributed by atoms with Gasteiger partial charge < -0.3 is 14.7 Å². The lowest BCUT2D eigenvalue weighted by molar-refractivity contribution is 0.0705. The summed E-state index contributed by atoms with van der Waals surface area (Å²) in [5, 5.41) is 22.3. The van der Waals surface area contributed by atoms with Crippen LogP contribution >= 0.6 is 0 Å². The molecule has 3 aromatic rings. The second-order valence-corrected chi connectivity index (χ2v) is 7.28. The third-order valence-electron chi connectivity index (χ3n) is 5.54. The molecule has 146 valence electrons. The van der Waals surface area contributed by atoms with E-state index in [0.717, 1.165) is 49.7 Å². The standard InChI is InChI=1S/C21H25N5O2/c27-17-21(13-16-28-19-9-5-2-6-10-19)11-14-25(15-12-21)20-22-23-24-26(20)18-7-3-1-4-8-18/h1-10,27H,11-17H2. The second kappa shape index (κ2) is 8.39. The predicted octanol–water partition coefficient (Wildman–Crippen LogP) is 2.71. The van der Waals surface area contributed by atoms with Gasteiger partial charge in [0.05, 0.1) is 12.3 Å². The van der Waals surface area contributed by atoms with Gasteiger partial charge in [0.2, 0.25) is 5.95 Å². The number of rotatable bonds is 7. The second-order valence-electron chi connectivity index (χ2n) is 7.28. The fourth-order valence-electron chi connectivity index (χ4n) is 3.69. The topological polar surface area (TPSA) is 76.3 Å². The Bertz CT molecular complexity index is 861. The summed E-state index contributed by atoms with van der Waals surface area (Å²) in [4.78, 5) is 2.19. The van der Waals surface area contributed by atoms with Gasteiger partial charge in [-0.3, -0.25) is 0 Å². The third kappa shape index (κ3) is 3.99. The average molecular weight is 379 g/mol. The van der Waals surface area contributed by atoms with E-state index in [1.807, 2.05) is 60.7 Å². The Labute approximate surface area is 164 Å². The number of anilines is 1. The molecule has 4 rings (SSSR count). The van der Waals surface area contributed by atoms with Crippen LogP contribution in [-0.4, -0.2) is 51.6 Å². The SMILES string of the molecule is OCC1(CCOc2ccccc2)CCN(c2nnnn2-c2ccccc2)CC1. The largest absolute Gasteiger partial charge is 0.494 e. The third-order valence-corrected chi connectivity index (χ3v) is 5.54. The van der Waals surface area contributed by atoms with Crippen LogP contribution in [-0.2, 0) is 0 Å². The van der Waals surface area contributed by atoms with Crippen molar-refractivity contribution in [2.45, 2.75) is 19.3 Å². The summed E-state index contributed by atoms with van der Waals surface area (Å²) in [5.41, 5.74) is 0.828. The van der Waals surface area contributed by atoms with Crippen molar-refractivity contribution in [3.63, 3.8) is 0 Å². The van der Waals surface area contributed by atoms with Crippen molar-refractivity contribution in [2.75, 3.05) is 31.2 Å². The van der Waals surface area contributed by atoms with E-state index in [1.165, 1.54) is 0 Å². The maximum atomic E-state index is 10.1. The summed E-state index contributed by atoms with van der Waals surface area (Å²) in [6.07, 6.45) is 2.59. The highest BCUT2D eigenvalue weighted by atomic mass is 16.5. The molecule has 0 radical (unpaired) electrons. The molecule has 0 aliphatic carbocycles. The molecule has 7 nitrogen and oxygen atoms in total. The summed E-state index contributed by atoms with van der Waals surface area (Å²) in [6, 6.07) is 19.7. The molecule has 1 aliphatic heterocycles. The van der Waals surface area contributed by atoms with Crippen LogP contribution in [0.1, 0.15) is 19.3 Å². The molecule has 0 spiro atoms. The molecule has 2 heterocycles. The van der Waals surface area contributed by atoms with Crippen molar-refractivity contribution < 1.29 is 9.84 Å². The molecular weight excluding hydrogens is 354 g/mol. The van der Waals surface area contributed by atoms with E-state index in [4.69, 9.17) is 4.74 Å². The summed E-state index contributed by atoms with van der Waals surface area (Å²) in [6.45, 7) is 2.38. The minimum absolute atomic E-state index is 0.115. The number of aromatic nitrogens is 4. The zero-order valence-electron chi connectivity index (χ0n) is 15.8. The molecule has 28 heavy (non-hydrogen) atoms. The number of nitrogens with zero attached hydrogens (tertiary/aromatic N) is 5. The smallest absolute Gasteiger partial charge is 0.250 e. The van der Waals surface area contributed by atoms with Crippen LogP contribution in [0.3, 0.4) is 0 Å². The van der Waals surface area contributed by atoms with Crippen LogP contribution in [0.25, 0.3) is 5.69 Å². The van der Waals surface area contributed by atoms with Gasteiger partial charge in [-0.15, -0.1) is 0 Å². The zero-order chi connectivity index (χ0) is 19.2. The monoisotopic (exact) mass is 379 g/mol. The molecule has 0 bridgehead atoms. The molecule has 2 aromatic carbocycles. The molecule has 0 atom stereocenters. The quantitative estimate of drug-likeness (QED) is 0.680. The van der Waals surface area contributed by atoms with Crippen LogP contribution in [0, 0.1) is 5.41 Å². The van der Waals surface area contributed by atoms with Gasteiger partial charge in [-0.1, -0.05) is 41.5 Å². The molecule has 7 heteroatoms. The fraction of sp³-hybridized carbons (Fsp3) is 0.381. The van der Waals surface area contributed by atoms with Crippen molar-refractivity contribution >= 4 is 5.95 Å². The minimum Gasteiger partial charge on any atom is -0.494 e. The van der Waals surface area contributed by atoms with E-state index in [1.54, 1.807) is 4.68 Å². The zero-order valence-corrected chi connectivity index (χ0v) is 15.8. The highest BCUT2D eigenvalue weighted by Crippen LogP contribution is 2.36. The summed E-state index contributed by atoms with van der Waals surface area (Å²) in [7, 11) is 0. The molecule has 0 saturated carbocycles. The minimum atomic E-state index is -0.115. The molecule has 1 aliphatic rings. The molecule has 1 saturated heterocycles. The van der Waals surface area contributed by atoms with Crippen LogP contribution in [0.15, 0.2) is 60.7 Å². The molecule has 1 fully saturated rings. The van der Waals surface area contributed by atoms with Crippen molar-refractivity contribution in [1.82, 2.24) is 20.2 Å². The van der Waals surface area contributed by atoms with Gasteiger partial charge in [-0.25, -0.2) is 0 Å². The van der Waals surface area contributed by atoms with Gasteiger partial charge in [0.1, 0.15) is 5.75 Å². The van der Waals surface area contributed by atoms with E-state index in [-0.39, 0.29) is 12.0 Å². The Kier molecular flexibility index (Phi) is 5.53. The Morgan fingerprint density at radius 2 is 1.64 bits per heavy atom. The molecule has 0 amide bonds. The van der Waals surface area contributed by atoms with Gasteiger partial charge >= 0.3 is 0 Å². The lowest BCUT2D eigenvalue weighted by Crippen LogP contribution is -2.43. The van der Waals surface area contributed by atoms with Crippen molar-refractivity contribution in [3.05, 3.63) is 60.7 Å². The first-order chi connectivity index (χ1) is 13.8. The summed E-state index contributed by atoms with van der Waals surface area (Å²) in [5.74, 6) is 1.62. The van der Waals surface area contributed by atoms with E-state index in [0.29, 0.717) is 6.61 Å². The van der Waals surface area contributed by atoms with Crippen LogP contribution < -0.4 is 9.64 Å². The first kappa shape index (κ1) is 18.4. The van der Waals surface area contributed by atoms with E-state index in [2.05, 4.69) is 20.4 Å². The number of aliphatic hydroxyl groups excluding tert-OH is 1. The summed E-state index contributed by atoms with van der Waals surface area (Å²) < 4.78 is 7.62. The predicted molar refractivity (Wildman–Crippen MR) is 107 cm³/mol. The highest BCUT2D eigenvalue weighted by Gasteiger charge is 2.35. The van der Waals surface area contributed by atoms with Gasteiger partial charge in [0, 0.05) is 25.1 Å². The van der Waals surface area contributed by atoms with Crippen molar-refractivity contribution in [1.29, 1.82) is 0 Å². The number of hydrogen-bond acceptors (Lipinski definition) is 6. The Balaban J connectivity index is 1.38. The van der Waals surface area contributed by atoms with Gasteiger partial charge in [-0.2, -0.15) is 4.68 Å². The van der Waals surface area contributed by atoms with Crippen LogP contribution in [0.5, 0.6) is 5.75 Å². The number of benzene rings is 2. The van der Waals surface area contributed by atoms with Crippen molar-refractivity contribution in [2.24, 2.45) is 5.41 Å². The lowest BCUT2D eigenvalue weighted by Gasteiger charge is -2.40. The lowest BCUT2D eigenvalue weighted by atomic mass is 9.76.